The number of rotatable bonds is 9. The first-order valence-corrected chi connectivity index (χ1v) is 15.0. The fourth-order valence-electron chi connectivity index (χ4n) is 5.16. The van der Waals surface area contributed by atoms with E-state index in [1.807, 2.05) is 55.5 Å². The number of thioether (sulfide) groups is 1. The quantitative estimate of drug-likeness (QED) is 0.272. The molecule has 2 aliphatic rings. The summed E-state index contributed by atoms with van der Waals surface area (Å²) in [7, 11) is 1.57. The molecule has 7 nitrogen and oxygen atoms in total. The lowest BCUT2D eigenvalue weighted by Gasteiger charge is -2.33. The Kier molecular flexibility index (Phi) is 9.21. The lowest BCUT2D eigenvalue weighted by molar-refractivity contribution is -0.116. The monoisotopic (exact) mass is 599 g/mol. The van der Waals surface area contributed by atoms with E-state index in [2.05, 4.69) is 16.7 Å². The SMILES string of the molecule is COc1cc([C@@H]2C(C#N)=C(SCC(=O)Nc3cccc(Cl)c3C)NC3=C2C(=O)CCC3)ccc1OCc1ccccc1. The molecule has 3 aromatic rings. The van der Waals surface area contributed by atoms with Crippen molar-refractivity contribution in [1.82, 2.24) is 5.32 Å². The number of halogens is 1. The summed E-state index contributed by atoms with van der Waals surface area (Å²) in [6.45, 7) is 2.22. The van der Waals surface area contributed by atoms with E-state index in [1.54, 1.807) is 25.3 Å². The lowest BCUT2D eigenvalue weighted by Crippen LogP contribution is -2.31. The van der Waals surface area contributed by atoms with Crippen LogP contribution in [0.2, 0.25) is 5.02 Å². The van der Waals surface area contributed by atoms with Gasteiger partial charge in [0.05, 0.1) is 35.5 Å². The predicted octanol–water partition coefficient (Wildman–Crippen LogP) is 7.04. The lowest BCUT2D eigenvalue weighted by atomic mass is 9.77. The second-order valence-electron chi connectivity index (χ2n) is 10.0. The van der Waals surface area contributed by atoms with Crippen LogP contribution in [-0.2, 0) is 16.2 Å². The van der Waals surface area contributed by atoms with Crippen LogP contribution in [0.1, 0.15) is 41.9 Å². The molecule has 0 fully saturated rings. The topological polar surface area (TPSA) is 100 Å². The van der Waals surface area contributed by atoms with Gasteiger partial charge < -0.3 is 20.1 Å². The number of hydrogen-bond acceptors (Lipinski definition) is 7. The van der Waals surface area contributed by atoms with Gasteiger partial charge in [-0.2, -0.15) is 5.26 Å². The number of methoxy groups -OCH3 is 1. The van der Waals surface area contributed by atoms with E-state index in [1.165, 1.54) is 11.8 Å². The highest BCUT2D eigenvalue weighted by molar-refractivity contribution is 8.03. The van der Waals surface area contributed by atoms with Crippen LogP contribution in [0, 0.1) is 18.3 Å². The van der Waals surface area contributed by atoms with Crippen molar-refractivity contribution in [1.29, 1.82) is 5.26 Å². The molecule has 42 heavy (non-hydrogen) atoms. The molecule has 3 aromatic carbocycles. The largest absolute Gasteiger partial charge is 0.493 e. The molecule has 1 aliphatic heterocycles. The molecule has 1 heterocycles. The van der Waals surface area contributed by atoms with Crippen molar-refractivity contribution < 1.29 is 19.1 Å². The molecule has 0 saturated heterocycles. The van der Waals surface area contributed by atoms with Crippen molar-refractivity contribution in [2.45, 2.75) is 38.7 Å². The number of nitrogens with zero attached hydrogens (tertiary/aromatic N) is 1. The summed E-state index contributed by atoms with van der Waals surface area (Å²) < 4.78 is 11.7. The summed E-state index contributed by atoms with van der Waals surface area (Å²) in [6, 6.07) is 23.0. The van der Waals surface area contributed by atoms with Crippen LogP contribution >= 0.6 is 23.4 Å². The van der Waals surface area contributed by atoms with Crippen molar-refractivity contribution in [2.24, 2.45) is 0 Å². The number of benzene rings is 3. The minimum atomic E-state index is -0.586. The van der Waals surface area contributed by atoms with Gasteiger partial charge >= 0.3 is 0 Å². The van der Waals surface area contributed by atoms with Crippen LogP contribution in [0.15, 0.2) is 88.6 Å². The van der Waals surface area contributed by atoms with Gasteiger partial charge in [0.15, 0.2) is 17.3 Å². The zero-order chi connectivity index (χ0) is 29.6. The fourth-order valence-corrected chi connectivity index (χ4v) is 6.19. The summed E-state index contributed by atoms with van der Waals surface area (Å²) in [5, 5.41) is 17.7. The van der Waals surface area contributed by atoms with Gasteiger partial charge in [0.1, 0.15) is 6.61 Å². The average Bonchev–Trinajstić information content (AvgIpc) is 3.01. The maximum atomic E-state index is 13.2. The number of ketones is 1. The molecule has 2 N–H and O–H groups in total. The second-order valence-corrected chi connectivity index (χ2v) is 11.4. The third-order valence-corrected chi connectivity index (χ3v) is 8.74. The molecule has 0 bridgehead atoms. The zero-order valence-corrected chi connectivity index (χ0v) is 24.9. The van der Waals surface area contributed by atoms with Gasteiger partial charge in [-0.3, -0.25) is 9.59 Å². The van der Waals surface area contributed by atoms with Crippen LogP contribution in [0.25, 0.3) is 0 Å². The number of nitriles is 1. The Labute approximate surface area is 254 Å². The highest BCUT2D eigenvalue weighted by Gasteiger charge is 2.37. The molecule has 9 heteroatoms. The average molecular weight is 600 g/mol. The first-order valence-electron chi connectivity index (χ1n) is 13.6. The number of dihydropyridines is 1. The van der Waals surface area contributed by atoms with E-state index in [4.69, 9.17) is 21.1 Å². The van der Waals surface area contributed by atoms with Crippen LogP contribution in [0.5, 0.6) is 11.5 Å². The Morgan fingerprint density at radius 2 is 1.93 bits per heavy atom. The maximum absolute atomic E-state index is 13.2. The summed E-state index contributed by atoms with van der Waals surface area (Å²) in [5.74, 6) is 0.344. The van der Waals surface area contributed by atoms with E-state index >= 15 is 0 Å². The molecule has 0 aromatic heterocycles. The third kappa shape index (κ3) is 6.33. The Morgan fingerprint density at radius 3 is 2.69 bits per heavy atom. The van der Waals surface area contributed by atoms with E-state index in [9.17, 15) is 14.9 Å². The summed E-state index contributed by atoms with van der Waals surface area (Å²) in [5.41, 5.74) is 4.98. The number of carbonyl (C=O) groups excluding carboxylic acids is 2. The first-order chi connectivity index (χ1) is 20.4. The Hall–Kier alpha value is -4.19. The summed E-state index contributed by atoms with van der Waals surface area (Å²) in [6.07, 6.45) is 1.83. The van der Waals surface area contributed by atoms with Gasteiger partial charge in [-0.1, -0.05) is 65.8 Å². The number of ether oxygens (including phenoxy) is 2. The molecule has 0 unspecified atom stereocenters. The molecule has 0 saturated carbocycles. The van der Waals surface area contributed by atoms with E-state index in [0.717, 1.165) is 28.8 Å². The molecular weight excluding hydrogens is 570 g/mol. The Balaban J connectivity index is 1.42. The summed E-state index contributed by atoms with van der Waals surface area (Å²) >= 11 is 7.44. The van der Waals surface area contributed by atoms with Crippen molar-refractivity contribution in [2.75, 3.05) is 18.2 Å². The van der Waals surface area contributed by atoms with Crippen LogP contribution < -0.4 is 20.1 Å². The molecule has 1 atom stereocenters. The highest BCUT2D eigenvalue weighted by Crippen LogP contribution is 2.45. The number of Topliss-reactive ketones (excluding diaryl/α,β-unsaturated/α-hetero) is 1. The van der Waals surface area contributed by atoms with Crippen LogP contribution in [0.3, 0.4) is 0 Å². The van der Waals surface area contributed by atoms with Crippen LogP contribution in [-0.4, -0.2) is 24.6 Å². The molecule has 0 radical (unpaired) electrons. The smallest absolute Gasteiger partial charge is 0.234 e. The molecule has 1 amide bonds. The standard InChI is InChI=1S/C33H30ClN3O4S/c1-20-24(34)10-6-11-25(20)36-30(39)19-42-33-23(17-35)31(32-26(37-33)12-7-13-27(32)38)22-14-15-28(29(16-22)40-2)41-18-21-8-4-3-5-9-21/h3-6,8-11,14-16,31,37H,7,12-13,18-19H2,1-2H3,(H,36,39)/t31-/m1/s1. The highest BCUT2D eigenvalue weighted by atomic mass is 35.5. The van der Waals surface area contributed by atoms with Gasteiger partial charge in [0.25, 0.3) is 0 Å². The Bertz CT molecular complexity index is 1630. The molecule has 0 spiro atoms. The van der Waals surface area contributed by atoms with Crippen molar-refractivity contribution >= 4 is 40.7 Å². The minimum absolute atomic E-state index is 0.0168. The van der Waals surface area contributed by atoms with Gasteiger partial charge in [0, 0.05) is 28.4 Å². The number of nitrogens with one attached hydrogen (secondary N) is 2. The van der Waals surface area contributed by atoms with Crippen molar-refractivity contribution in [3.8, 4) is 17.6 Å². The number of amides is 1. The second kappa shape index (κ2) is 13.2. The third-order valence-electron chi connectivity index (χ3n) is 7.31. The molecule has 5 rings (SSSR count). The van der Waals surface area contributed by atoms with Crippen molar-refractivity contribution in [3.05, 3.63) is 110 Å². The number of hydrogen-bond donors (Lipinski definition) is 2. The predicted molar refractivity (Wildman–Crippen MR) is 165 cm³/mol. The zero-order valence-electron chi connectivity index (χ0n) is 23.3. The van der Waals surface area contributed by atoms with Gasteiger partial charge in [-0.25, -0.2) is 0 Å². The number of anilines is 1. The minimum Gasteiger partial charge on any atom is -0.493 e. The number of allylic oxidation sites excluding steroid dienone is 3. The summed E-state index contributed by atoms with van der Waals surface area (Å²) in [4.78, 5) is 26.1. The van der Waals surface area contributed by atoms with E-state index in [0.29, 0.717) is 57.8 Å². The molecule has 214 valence electrons. The van der Waals surface area contributed by atoms with Gasteiger partial charge in [0.2, 0.25) is 5.91 Å². The van der Waals surface area contributed by atoms with E-state index in [-0.39, 0.29) is 17.4 Å². The van der Waals surface area contributed by atoms with Gasteiger partial charge in [-0.15, -0.1) is 0 Å². The number of carbonyl (C=O) groups is 2. The fraction of sp³-hybridized carbons (Fsp3) is 0.242. The first kappa shape index (κ1) is 29.3. The normalized spacial score (nSPS) is 16.3. The van der Waals surface area contributed by atoms with Crippen molar-refractivity contribution in [3.63, 3.8) is 0 Å². The molecule has 1 aliphatic carbocycles. The molecular formula is C33H30ClN3O4S. The van der Waals surface area contributed by atoms with E-state index < -0.39 is 5.92 Å². The maximum Gasteiger partial charge on any atom is 0.234 e. The Morgan fingerprint density at radius 1 is 1.12 bits per heavy atom. The van der Waals surface area contributed by atoms with Gasteiger partial charge in [-0.05, 0) is 60.7 Å². The van der Waals surface area contributed by atoms with Crippen LogP contribution in [0.4, 0.5) is 5.69 Å².